The smallest absolute Gasteiger partial charge is 0.266 e. The van der Waals surface area contributed by atoms with Gasteiger partial charge < -0.3 is 19.9 Å². The Morgan fingerprint density at radius 1 is 1.05 bits per heavy atom. The van der Waals surface area contributed by atoms with Gasteiger partial charge in [0.05, 0.1) is 7.11 Å². The van der Waals surface area contributed by atoms with Gasteiger partial charge in [-0.2, -0.15) is 5.26 Å². The fourth-order valence-corrected chi connectivity index (χ4v) is 4.02. The molecule has 0 saturated heterocycles. The number of amides is 1. The Morgan fingerprint density at radius 2 is 1.81 bits per heavy atom. The predicted molar refractivity (Wildman–Crippen MR) is 146 cm³/mol. The number of anilines is 1. The molecule has 0 aliphatic carbocycles. The van der Waals surface area contributed by atoms with E-state index in [0.29, 0.717) is 35.8 Å². The van der Waals surface area contributed by atoms with Gasteiger partial charge in [0.1, 0.15) is 24.0 Å². The van der Waals surface area contributed by atoms with E-state index in [-0.39, 0.29) is 11.3 Å². The summed E-state index contributed by atoms with van der Waals surface area (Å²) in [6, 6.07) is 25.8. The highest BCUT2D eigenvalue weighted by Crippen LogP contribution is 2.35. The van der Waals surface area contributed by atoms with Crippen LogP contribution in [0.4, 0.5) is 5.69 Å². The number of phenols is 1. The molecule has 0 atom stereocenters. The van der Waals surface area contributed by atoms with Crippen molar-refractivity contribution in [1.82, 2.24) is 0 Å². The van der Waals surface area contributed by atoms with Gasteiger partial charge in [-0.05, 0) is 70.8 Å². The molecule has 4 aromatic carbocycles. The Hall–Kier alpha value is -5.02. The number of hydrogen-bond acceptors (Lipinski definition) is 5. The van der Waals surface area contributed by atoms with Crippen LogP contribution in [0.25, 0.3) is 16.8 Å². The van der Waals surface area contributed by atoms with Crippen molar-refractivity contribution in [2.75, 3.05) is 12.4 Å². The van der Waals surface area contributed by atoms with E-state index in [9.17, 15) is 15.2 Å². The molecule has 0 bridgehead atoms. The molecule has 1 amide bonds. The molecule has 0 aliphatic heterocycles. The van der Waals surface area contributed by atoms with E-state index in [1.165, 1.54) is 18.2 Å². The SMILES string of the molecule is C=CCc1cc(/C=C(\C#N)C(=O)Nc2ccc(O)cc2)cc(OC)c1OCc1cccc2ccccc12. The second-order valence-corrected chi connectivity index (χ2v) is 8.30. The van der Waals surface area contributed by atoms with Gasteiger partial charge in [-0.3, -0.25) is 4.79 Å². The van der Waals surface area contributed by atoms with Gasteiger partial charge in [0.25, 0.3) is 5.91 Å². The molecule has 0 aromatic heterocycles. The summed E-state index contributed by atoms with van der Waals surface area (Å²) in [5.41, 5.74) is 2.86. The number of ether oxygens (including phenoxy) is 2. The fourth-order valence-electron chi connectivity index (χ4n) is 4.02. The maximum atomic E-state index is 12.7. The number of nitrogens with one attached hydrogen (secondary N) is 1. The zero-order chi connectivity index (χ0) is 26.2. The number of aromatic hydroxyl groups is 1. The Labute approximate surface area is 215 Å². The second-order valence-electron chi connectivity index (χ2n) is 8.30. The number of nitriles is 1. The normalized spacial score (nSPS) is 11.0. The predicted octanol–water partition coefficient (Wildman–Crippen LogP) is 6.41. The topological polar surface area (TPSA) is 91.6 Å². The number of methoxy groups -OCH3 is 1. The molecule has 0 unspecified atom stereocenters. The van der Waals surface area contributed by atoms with Gasteiger partial charge in [-0.15, -0.1) is 6.58 Å². The largest absolute Gasteiger partial charge is 0.508 e. The summed E-state index contributed by atoms with van der Waals surface area (Å²) in [7, 11) is 1.55. The van der Waals surface area contributed by atoms with E-state index in [4.69, 9.17) is 9.47 Å². The number of allylic oxidation sites excluding steroid dienone is 1. The highest BCUT2D eigenvalue weighted by molar-refractivity contribution is 6.09. The van der Waals surface area contributed by atoms with E-state index in [0.717, 1.165) is 21.9 Å². The summed E-state index contributed by atoms with van der Waals surface area (Å²) in [5.74, 6) is 0.592. The van der Waals surface area contributed by atoms with Crippen molar-refractivity contribution in [3.05, 3.63) is 114 Å². The Morgan fingerprint density at radius 3 is 2.54 bits per heavy atom. The zero-order valence-electron chi connectivity index (χ0n) is 20.4. The summed E-state index contributed by atoms with van der Waals surface area (Å²) in [4.78, 5) is 12.7. The molecule has 37 heavy (non-hydrogen) atoms. The number of carbonyl (C=O) groups is 1. The molecule has 0 radical (unpaired) electrons. The minimum Gasteiger partial charge on any atom is -0.508 e. The molecule has 6 heteroatoms. The van der Waals surface area contributed by atoms with Crippen molar-refractivity contribution < 1.29 is 19.4 Å². The molecular formula is C31H26N2O4. The van der Waals surface area contributed by atoms with Crippen molar-refractivity contribution in [3.8, 4) is 23.3 Å². The van der Waals surface area contributed by atoms with Gasteiger partial charge in [0.15, 0.2) is 11.5 Å². The molecule has 0 saturated carbocycles. The third kappa shape index (κ3) is 5.98. The Balaban J connectivity index is 1.63. The van der Waals surface area contributed by atoms with Crippen LogP contribution in [-0.4, -0.2) is 18.1 Å². The Kier molecular flexibility index (Phi) is 7.87. The van der Waals surface area contributed by atoms with Crippen molar-refractivity contribution in [1.29, 1.82) is 5.26 Å². The third-order valence-electron chi connectivity index (χ3n) is 5.79. The first-order chi connectivity index (χ1) is 18.0. The summed E-state index contributed by atoms with van der Waals surface area (Å²) < 4.78 is 11.9. The van der Waals surface area contributed by atoms with E-state index >= 15 is 0 Å². The monoisotopic (exact) mass is 490 g/mol. The zero-order valence-corrected chi connectivity index (χ0v) is 20.4. The molecule has 6 nitrogen and oxygen atoms in total. The first kappa shape index (κ1) is 25.1. The average molecular weight is 491 g/mol. The van der Waals surface area contributed by atoms with Gasteiger partial charge in [-0.1, -0.05) is 48.5 Å². The van der Waals surface area contributed by atoms with Gasteiger partial charge in [0.2, 0.25) is 0 Å². The minimum atomic E-state index is -0.561. The van der Waals surface area contributed by atoms with Crippen LogP contribution < -0.4 is 14.8 Å². The quantitative estimate of drug-likeness (QED) is 0.122. The molecule has 2 N–H and O–H groups in total. The first-order valence-corrected chi connectivity index (χ1v) is 11.7. The number of benzene rings is 4. The van der Waals surface area contributed by atoms with Gasteiger partial charge in [0, 0.05) is 11.3 Å². The molecule has 4 rings (SSSR count). The summed E-state index contributed by atoms with van der Waals surface area (Å²) >= 11 is 0. The third-order valence-corrected chi connectivity index (χ3v) is 5.79. The van der Waals surface area contributed by atoms with E-state index in [1.54, 1.807) is 31.4 Å². The molecule has 0 fully saturated rings. The maximum absolute atomic E-state index is 12.7. The number of fused-ring (bicyclic) bond motifs is 1. The maximum Gasteiger partial charge on any atom is 0.266 e. The van der Waals surface area contributed by atoms with Crippen LogP contribution in [0.1, 0.15) is 16.7 Å². The molecule has 4 aromatic rings. The summed E-state index contributed by atoms with van der Waals surface area (Å²) in [6.07, 6.45) is 3.76. The summed E-state index contributed by atoms with van der Waals surface area (Å²) in [6.45, 7) is 4.20. The number of hydrogen-bond donors (Lipinski definition) is 2. The molecule has 184 valence electrons. The first-order valence-electron chi connectivity index (χ1n) is 11.7. The van der Waals surface area contributed by atoms with Crippen LogP contribution >= 0.6 is 0 Å². The number of rotatable bonds is 9. The van der Waals surface area contributed by atoms with E-state index in [2.05, 4.69) is 30.1 Å². The lowest BCUT2D eigenvalue weighted by atomic mass is 10.0. The van der Waals surface area contributed by atoms with Crippen LogP contribution in [0.3, 0.4) is 0 Å². The molecule has 0 spiro atoms. The second kappa shape index (κ2) is 11.6. The van der Waals surface area contributed by atoms with Crippen molar-refractivity contribution in [2.24, 2.45) is 0 Å². The summed E-state index contributed by atoms with van der Waals surface area (Å²) in [5, 5.41) is 24.0. The lowest BCUT2D eigenvalue weighted by Crippen LogP contribution is -2.13. The van der Waals surface area contributed by atoms with Gasteiger partial charge >= 0.3 is 0 Å². The highest BCUT2D eigenvalue weighted by atomic mass is 16.5. The fraction of sp³-hybridized carbons (Fsp3) is 0.0968. The van der Waals surface area contributed by atoms with Crippen LogP contribution in [-0.2, 0) is 17.8 Å². The van der Waals surface area contributed by atoms with Crippen LogP contribution in [0, 0.1) is 11.3 Å². The number of nitrogens with zero attached hydrogens (tertiary/aromatic N) is 1. The number of phenolic OH excluding ortho intramolecular Hbond substituents is 1. The molecule has 0 heterocycles. The highest BCUT2D eigenvalue weighted by Gasteiger charge is 2.15. The lowest BCUT2D eigenvalue weighted by molar-refractivity contribution is -0.112. The van der Waals surface area contributed by atoms with Crippen LogP contribution in [0.2, 0.25) is 0 Å². The van der Waals surface area contributed by atoms with E-state index in [1.807, 2.05) is 36.4 Å². The van der Waals surface area contributed by atoms with Crippen molar-refractivity contribution in [3.63, 3.8) is 0 Å². The van der Waals surface area contributed by atoms with Crippen molar-refractivity contribution in [2.45, 2.75) is 13.0 Å². The van der Waals surface area contributed by atoms with Gasteiger partial charge in [-0.25, -0.2) is 0 Å². The molecular weight excluding hydrogens is 464 g/mol. The average Bonchev–Trinajstić information content (AvgIpc) is 2.92. The minimum absolute atomic E-state index is 0.0795. The molecule has 0 aliphatic rings. The van der Waals surface area contributed by atoms with Crippen LogP contribution in [0.15, 0.2) is 97.1 Å². The van der Waals surface area contributed by atoms with Crippen molar-refractivity contribution >= 4 is 28.4 Å². The standard InChI is InChI=1S/C31H26N2O4/c1-3-7-23-16-21(17-25(19-32)31(35)33-26-12-14-27(34)15-13-26)18-29(36-2)30(23)37-20-24-10-6-9-22-8-4-5-11-28(22)24/h3-6,8-18,34H,1,7,20H2,2H3,(H,33,35)/b25-17+. The van der Waals surface area contributed by atoms with Crippen LogP contribution in [0.5, 0.6) is 17.2 Å². The lowest BCUT2D eigenvalue weighted by Gasteiger charge is -2.17. The Bertz CT molecular complexity index is 1510. The van der Waals surface area contributed by atoms with E-state index < -0.39 is 5.91 Å². The number of carbonyl (C=O) groups excluding carboxylic acids is 1.